The summed E-state index contributed by atoms with van der Waals surface area (Å²) in [7, 11) is 0. The third-order valence-electron chi connectivity index (χ3n) is 5.74. The van der Waals surface area contributed by atoms with Gasteiger partial charge in [0.15, 0.2) is 5.13 Å². The van der Waals surface area contributed by atoms with Crippen molar-refractivity contribution < 1.29 is 22.7 Å². The second-order valence-corrected chi connectivity index (χ2v) is 8.97. The van der Waals surface area contributed by atoms with Crippen LogP contribution in [0.2, 0.25) is 0 Å². The van der Waals surface area contributed by atoms with E-state index >= 15 is 0 Å². The van der Waals surface area contributed by atoms with E-state index < -0.39 is 17.6 Å². The molecule has 3 aromatic rings. The van der Waals surface area contributed by atoms with Crippen molar-refractivity contribution in [1.82, 2.24) is 9.88 Å². The van der Waals surface area contributed by atoms with Crippen LogP contribution in [0.5, 0.6) is 0 Å². The number of benzene rings is 2. The summed E-state index contributed by atoms with van der Waals surface area (Å²) < 4.78 is 46.0. The van der Waals surface area contributed by atoms with Crippen molar-refractivity contribution in [3.05, 3.63) is 59.2 Å². The molecule has 0 spiro atoms. The van der Waals surface area contributed by atoms with Crippen LogP contribution < -0.4 is 4.90 Å². The maximum Gasteiger partial charge on any atom is 0.416 e. The maximum absolute atomic E-state index is 13.4. The van der Waals surface area contributed by atoms with Gasteiger partial charge in [-0.05, 0) is 42.7 Å². The minimum absolute atomic E-state index is 0.00571. The first-order valence-corrected chi connectivity index (χ1v) is 11.9. The van der Waals surface area contributed by atoms with Crippen LogP contribution in [0.25, 0.3) is 10.2 Å². The number of morpholine rings is 1. The standard InChI is InChI=1S/C24H26F3N3O2S/c1-2-17-6-4-9-20-21(17)28-23(33-20)30(11-5-10-29-12-14-32-15-13-29)22(31)18-7-3-8-19(16-18)24(25,26)27/h3-4,6-9,16H,2,5,10-15H2,1H3. The summed E-state index contributed by atoms with van der Waals surface area (Å²) >= 11 is 1.39. The van der Waals surface area contributed by atoms with Gasteiger partial charge in [0.2, 0.25) is 0 Å². The number of carbonyl (C=O) groups excluding carboxylic acids is 1. The molecule has 5 nitrogen and oxygen atoms in total. The Morgan fingerprint density at radius 3 is 2.67 bits per heavy atom. The molecule has 0 N–H and O–H groups in total. The SMILES string of the molecule is CCc1cccc2sc(N(CCCN3CCOCC3)C(=O)c3cccc(C(F)(F)F)c3)nc12. The monoisotopic (exact) mass is 477 g/mol. The molecule has 1 aliphatic heterocycles. The summed E-state index contributed by atoms with van der Waals surface area (Å²) in [6.45, 7) is 6.23. The van der Waals surface area contributed by atoms with E-state index in [0.717, 1.165) is 54.0 Å². The smallest absolute Gasteiger partial charge is 0.379 e. The van der Waals surface area contributed by atoms with Gasteiger partial charge in [0, 0.05) is 31.7 Å². The van der Waals surface area contributed by atoms with Crippen LogP contribution in [0.4, 0.5) is 18.3 Å². The van der Waals surface area contributed by atoms with Gasteiger partial charge in [0.25, 0.3) is 5.91 Å². The van der Waals surface area contributed by atoms with Crippen LogP contribution in [0, 0.1) is 0 Å². The molecule has 0 aliphatic carbocycles. The van der Waals surface area contributed by atoms with Gasteiger partial charge in [-0.2, -0.15) is 13.2 Å². The number of anilines is 1. The lowest BCUT2D eigenvalue weighted by Gasteiger charge is -2.27. The maximum atomic E-state index is 13.4. The molecule has 1 aliphatic rings. The number of rotatable bonds is 7. The number of aryl methyl sites for hydroxylation is 1. The van der Waals surface area contributed by atoms with Crippen LogP contribution in [-0.2, 0) is 17.3 Å². The summed E-state index contributed by atoms with van der Waals surface area (Å²) in [5.74, 6) is -0.472. The number of hydrogen-bond donors (Lipinski definition) is 0. The van der Waals surface area contributed by atoms with E-state index in [9.17, 15) is 18.0 Å². The Kier molecular flexibility index (Phi) is 7.31. The Bertz CT molecular complexity index is 1110. The molecule has 176 valence electrons. The van der Waals surface area contributed by atoms with Crippen molar-refractivity contribution in [3.63, 3.8) is 0 Å². The highest BCUT2D eigenvalue weighted by Crippen LogP contribution is 2.33. The number of para-hydroxylation sites is 1. The second kappa shape index (κ2) is 10.2. The Balaban J connectivity index is 1.63. The highest BCUT2D eigenvalue weighted by molar-refractivity contribution is 7.22. The average Bonchev–Trinajstić information content (AvgIpc) is 3.26. The number of amides is 1. The minimum Gasteiger partial charge on any atom is -0.379 e. The van der Waals surface area contributed by atoms with Gasteiger partial charge < -0.3 is 4.74 Å². The summed E-state index contributed by atoms with van der Waals surface area (Å²) in [5.41, 5.74) is 1.09. The zero-order valence-electron chi connectivity index (χ0n) is 18.4. The number of ether oxygens (including phenoxy) is 1. The molecule has 2 heterocycles. The van der Waals surface area contributed by atoms with Gasteiger partial charge in [-0.1, -0.05) is 36.5 Å². The third kappa shape index (κ3) is 5.54. The van der Waals surface area contributed by atoms with E-state index in [2.05, 4.69) is 4.90 Å². The normalized spacial score (nSPS) is 15.2. The van der Waals surface area contributed by atoms with Crippen molar-refractivity contribution in [2.24, 2.45) is 0 Å². The van der Waals surface area contributed by atoms with Gasteiger partial charge in [0.1, 0.15) is 0 Å². The predicted octanol–water partition coefficient (Wildman–Crippen LogP) is 5.25. The van der Waals surface area contributed by atoms with E-state index in [0.29, 0.717) is 31.3 Å². The number of hydrogen-bond acceptors (Lipinski definition) is 5. The fourth-order valence-electron chi connectivity index (χ4n) is 3.94. The fourth-order valence-corrected chi connectivity index (χ4v) is 4.98. The van der Waals surface area contributed by atoms with E-state index in [-0.39, 0.29) is 5.56 Å². The molecule has 0 atom stereocenters. The summed E-state index contributed by atoms with van der Waals surface area (Å²) in [6.07, 6.45) is -3.02. The number of nitrogens with zero attached hydrogens (tertiary/aromatic N) is 3. The van der Waals surface area contributed by atoms with Crippen LogP contribution >= 0.6 is 11.3 Å². The lowest BCUT2D eigenvalue weighted by molar-refractivity contribution is -0.137. The largest absolute Gasteiger partial charge is 0.416 e. The molecule has 2 aromatic carbocycles. The van der Waals surface area contributed by atoms with E-state index in [1.807, 2.05) is 25.1 Å². The van der Waals surface area contributed by atoms with Gasteiger partial charge in [-0.15, -0.1) is 0 Å². The molecule has 0 unspecified atom stereocenters. The number of halogens is 3. The molecule has 1 fully saturated rings. The molecular weight excluding hydrogens is 451 g/mol. The molecule has 1 amide bonds. The number of fused-ring (bicyclic) bond motifs is 1. The van der Waals surface area contributed by atoms with Crippen LogP contribution in [0.15, 0.2) is 42.5 Å². The Labute approximate surface area is 194 Å². The first kappa shape index (κ1) is 23.7. The van der Waals surface area contributed by atoms with Crippen molar-refractivity contribution >= 4 is 32.6 Å². The van der Waals surface area contributed by atoms with Crippen molar-refractivity contribution in [2.75, 3.05) is 44.3 Å². The molecule has 9 heteroatoms. The second-order valence-electron chi connectivity index (χ2n) is 7.96. The zero-order chi connectivity index (χ0) is 23.4. The summed E-state index contributed by atoms with van der Waals surface area (Å²) in [6, 6.07) is 10.5. The lowest BCUT2D eigenvalue weighted by Crippen LogP contribution is -2.39. The minimum atomic E-state index is -4.51. The topological polar surface area (TPSA) is 45.7 Å². The summed E-state index contributed by atoms with van der Waals surface area (Å²) in [5, 5.41) is 0.510. The quantitative estimate of drug-likeness (QED) is 0.467. The molecule has 4 rings (SSSR count). The molecule has 1 aromatic heterocycles. The van der Waals surface area contributed by atoms with Crippen LogP contribution in [0.1, 0.15) is 34.8 Å². The first-order chi connectivity index (χ1) is 15.9. The number of alkyl halides is 3. The number of thiazole rings is 1. The average molecular weight is 478 g/mol. The van der Waals surface area contributed by atoms with E-state index in [1.54, 1.807) is 0 Å². The van der Waals surface area contributed by atoms with Gasteiger partial charge in [-0.3, -0.25) is 14.6 Å². The van der Waals surface area contributed by atoms with Gasteiger partial charge in [0.05, 0.1) is 29.0 Å². The molecule has 0 radical (unpaired) electrons. The highest BCUT2D eigenvalue weighted by Gasteiger charge is 2.32. The van der Waals surface area contributed by atoms with E-state index in [4.69, 9.17) is 9.72 Å². The van der Waals surface area contributed by atoms with Crippen LogP contribution in [0.3, 0.4) is 0 Å². The molecular formula is C24H26F3N3O2S. The molecule has 33 heavy (non-hydrogen) atoms. The fraction of sp³-hybridized carbons (Fsp3) is 0.417. The molecule has 1 saturated heterocycles. The Morgan fingerprint density at radius 2 is 1.94 bits per heavy atom. The number of carbonyl (C=O) groups is 1. The molecule has 0 saturated carbocycles. The Hall–Kier alpha value is -2.49. The Morgan fingerprint density at radius 1 is 1.18 bits per heavy atom. The van der Waals surface area contributed by atoms with E-state index in [1.165, 1.54) is 28.4 Å². The van der Waals surface area contributed by atoms with Crippen LogP contribution in [-0.4, -0.2) is 55.2 Å². The first-order valence-electron chi connectivity index (χ1n) is 11.0. The van der Waals surface area contributed by atoms with Crippen molar-refractivity contribution in [2.45, 2.75) is 25.9 Å². The zero-order valence-corrected chi connectivity index (χ0v) is 19.2. The lowest BCUT2D eigenvalue weighted by atomic mass is 10.1. The molecule has 0 bridgehead atoms. The number of aromatic nitrogens is 1. The summed E-state index contributed by atoms with van der Waals surface area (Å²) in [4.78, 5) is 22.0. The third-order valence-corrected chi connectivity index (χ3v) is 6.79. The van der Waals surface area contributed by atoms with Crippen molar-refractivity contribution in [1.29, 1.82) is 0 Å². The predicted molar refractivity (Wildman–Crippen MR) is 124 cm³/mol. The van der Waals surface area contributed by atoms with Crippen molar-refractivity contribution in [3.8, 4) is 0 Å². The van der Waals surface area contributed by atoms with Gasteiger partial charge in [-0.25, -0.2) is 4.98 Å². The highest BCUT2D eigenvalue weighted by atomic mass is 32.1. The van der Waals surface area contributed by atoms with Gasteiger partial charge >= 0.3 is 6.18 Å².